The Bertz CT molecular complexity index is 2220. The van der Waals surface area contributed by atoms with E-state index < -0.39 is 59.8 Å². The van der Waals surface area contributed by atoms with E-state index in [4.69, 9.17) is 9.47 Å². The molecule has 0 aromatic rings. The number of allylic oxidation sites excluding steroid dienone is 16. The fourth-order valence-corrected chi connectivity index (χ4v) is 40.3. The molecule has 8 rings (SSSR count). The van der Waals surface area contributed by atoms with Gasteiger partial charge in [-0.15, -0.1) is 0 Å². The molecule has 0 N–H and O–H groups in total. The molecule has 4 nitrogen and oxygen atoms in total. The van der Waals surface area contributed by atoms with Gasteiger partial charge in [0.1, 0.15) is 0 Å². The van der Waals surface area contributed by atoms with E-state index in [0.717, 1.165) is 106 Å². The van der Waals surface area contributed by atoms with Gasteiger partial charge in [-0.2, -0.15) is 0 Å². The van der Waals surface area contributed by atoms with E-state index in [1.807, 2.05) is 0 Å². The molecular formula is C86H161KO4Si6Zr. The van der Waals surface area contributed by atoms with Gasteiger partial charge in [-0.25, -0.2) is 0 Å². The molecule has 0 spiro atoms. The number of rotatable bonds is 26. The molecule has 16 unspecified atom stereocenters. The Hall–Kier alpha value is 1.13. The van der Waals surface area contributed by atoms with Gasteiger partial charge in [-0.1, -0.05) is 305 Å². The first-order valence-corrected chi connectivity index (χ1v) is 59.0. The van der Waals surface area contributed by atoms with E-state index in [2.05, 4.69) is 244 Å². The maximum absolute atomic E-state index is 9.91. The Morgan fingerprint density at radius 1 is 0.367 bits per heavy atom. The van der Waals surface area contributed by atoms with Crippen molar-refractivity contribution in [2.45, 2.75) is 321 Å². The molecule has 12 heteroatoms. The number of ether oxygens (including phenoxy) is 2. The Kier molecular flexibility index (Phi) is 45.4. The summed E-state index contributed by atoms with van der Waals surface area (Å²) in [4.78, 5) is 9.91. The van der Waals surface area contributed by atoms with Crippen molar-refractivity contribution >= 4 is 54.4 Å². The molecule has 8 aliphatic rings. The van der Waals surface area contributed by atoms with Gasteiger partial charge in [0, 0.05) is 56.9 Å². The van der Waals surface area contributed by atoms with Gasteiger partial charge in [0.05, 0.1) is 27.3 Å². The summed E-state index contributed by atoms with van der Waals surface area (Å²) in [5.41, 5.74) is 3.10. The van der Waals surface area contributed by atoms with Crippen LogP contribution in [-0.4, -0.2) is 78.8 Å². The van der Waals surface area contributed by atoms with Crippen LogP contribution >= 0.6 is 0 Å². The number of carboxylic acid groups (broad SMARTS) is 1. The minimum atomic E-state index is -1.60. The normalized spacial score (nSPS) is 29.9. The zero-order valence-corrected chi connectivity index (χ0v) is 82.0. The van der Waals surface area contributed by atoms with E-state index in [1.54, 1.807) is 32.9 Å². The number of carboxylic acids is 1. The molecule has 0 amide bonds. The van der Waals surface area contributed by atoms with Crippen molar-refractivity contribution < 1.29 is 97.0 Å². The van der Waals surface area contributed by atoms with Gasteiger partial charge in [0.15, 0.2) is 0 Å². The van der Waals surface area contributed by atoms with Crippen LogP contribution in [0.3, 0.4) is 0 Å². The number of aliphatic carboxylic acids is 1. The third kappa shape index (κ3) is 32.1. The van der Waals surface area contributed by atoms with Gasteiger partial charge in [0.2, 0.25) is 0 Å². The third-order valence-corrected chi connectivity index (χ3v) is 42.1. The molecule has 98 heavy (non-hydrogen) atoms. The predicted octanol–water partition coefficient (Wildman–Crippen LogP) is 23.2. The maximum atomic E-state index is 9.91. The molecular weight excluding hydrogens is 1400 g/mol. The second-order valence-electron chi connectivity index (χ2n) is 39.7. The summed E-state index contributed by atoms with van der Waals surface area (Å²) in [6, 6.07) is 9.14. The van der Waals surface area contributed by atoms with Crippen molar-refractivity contribution in [2.75, 3.05) is 13.2 Å². The number of hydrogen-bond donors (Lipinski definition) is 0. The van der Waals surface area contributed by atoms with Gasteiger partial charge in [-0.05, 0) is 173 Å². The molecule has 558 valence electrons. The monoisotopic (exact) mass is 1550 g/mol. The second kappa shape index (κ2) is 44.0. The summed E-state index contributed by atoms with van der Waals surface area (Å²) in [5, 5.41) is 9.91. The van der Waals surface area contributed by atoms with Gasteiger partial charge >= 0.3 is 77.6 Å². The number of unbranched alkanes of at least 4 members (excludes halogenated alkanes) is 6. The smallest absolute Gasteiger partial charge is 0.550 e. The van der Waals surface area contributed by atoms with E-state index in [0.29, 0.717) is 0 Å². The van der Waals surface area contributed by atoms with Crippen LogP contribution in [0.1, 0.15) is 160 Å². The van der Waals surface area contributed by atoms with Crippen LogP contribution in [0, 0.1) is 106 Å². The topological polar surface area (TPSA) is 58.6 Å². The van der Waals surface area contributed by atoms with E-state index in [-0.39, 0.29) is 118 Å². The molecule has 0 aliphatic heterocycles. The first-order chi connectivity index (χ1) is 42.5. The number of carbonyl (C=O) groups excluding carboxylic acids is 1. The average Bonchev–Trinajstić information content (AvgIpc) is 1.58. The molecule has 0 bridgehead atoms. The molecule has 8 aliphatic carbocycles. The molecule has 16 atom stereocenters. The zero-order chi connectivity index (χ0) is 68.9. The van der Waals surface area contributed by atoms with Crippen molar-refractivity contribution in [2.24, 2.45) is 76.4 Å². The van der Waals surface area contributed by atoms with E-state index in [1.165, 1.54) is 108 Å². The van der Waals surface area contributed by atoms with Crippen LogP contribution in [-0.2, 0) is 40.5 Å². The average molecular weight is 1560 g/mol. The van der Waals surface area contributed by atoms with Crippen molar-refractivity contribution in [3.8, 4) is 0 Å². The quantitative estimate of drug-likeness (QED) is 0.0492. The molecule has 0 heterocycles. The minimum Gasteiger partial charge on any atom is -0.550 e. The van der Waals surface area contributed by atoms with Crippen LogP contribution in [0.25, 0.3) is 0 Å². The Morgan fingerprint density at radius 2 is 0.551 bits per heavy atom. The maximum Gasteiger partial charge on any atom is 4.00 e. The van der Waals surface area contributed by atoms with E-state index in [9.17, 15) is 9.90 Å². The van der Waals surface area contributed by atoms with Gasteiger partial charge < -0.3 is 49.1 Å². The Labute approximate surface area is 681 Å². The fraction of sp³-hybridized carbons (Fsp3) is 0.756. The number of fused-ring (bicyclic) bond motifs is 4. The Morgan fingerprint density at radius 3 is 0.724 bits per heavy atom. The second-order valence-corrected chi connectivity index (χ2v) is 71.8. The van der Waals surface area contributed by atoms with Crippen LogP contribution < -0.4 is 56.5 Å². The third-order valence-electron chi connectivity index (χ3n) is 22.9. The van der Waals surface area contributed by atoms with Crippen LogP contribution in [0.5, 0.6) is 0 Å². The largest absolute Gasteiger partial charge is 4.00 e. The SMILES string of the molecule is CC(C)(C)C(=O)[O-].CC(C)(C)OCCCCCC[Si](C)(C1CC(C[Si](C)(C)C)C2C=CC=CC21)C1CC(C[Si](C)(C)C)C2C=CC=CC21.CC(C)(C)OCCCCCC[Si](C)(C1CC(C[Si](C)(C)C)C2C=CC=CC21)C1CC(C[Si](C)(C)C)C2C=CC=CC21.CCC.[CH3-].[CH3-].[CH3-].[CH3-].[K+].[Zr+4]. The first-order valence-electron chi connectivity index (χ1n) is 38.4. The van der Waals surface area contributed by atoms with Crippen molar-refractivity contribution in [3.05, 3.63) is 127 Å². The predicted molar refractivity (Wildman–Crippen MR) is 448 cm³/mol. The van der Waals surface area contributed by atoms with Crippen LogP contribution in [0.2, 0.25) is 150 Å². The van der Waals surface area contributed by atoms with E-state index >= 15 is 0 Å². The summed E-state index contributed by atoms with van der Waals surface area (Å²) in [5.74, 6) is 9.05. The van der Waals surface area contributed by atoms with Gasteiger partial charge in [0.25, 0.3) is 0 Å². The molecule has 0 saturated heterocycles. The summed E-state index contributed by atoms with van der Waals surface area (Å²) in [6.07, 6.45) is 58.7. The Balaban J connectivity index is 0. The summed E-state index contributed by atoms with van der Waals surface area (Å²) in [6.45, 7) is 61.2. The fourth-order valence-electron chi connectivity index (χ4n) is 19.5. The van der Waals surface area contributed by atoms with Crippen molar-refractivity contribution in [1.29, 1.82) is 0 Å². The van der Waals surface area contributed by atoms with Crippen LogP contribution in [0.4, 0.5) is 0 Å². The summed E-state index contributed by atoms with van der Waals surface area (Å²) < 4.78 is 12.1. The minimum absolute atomic E-state index is 0. The van der Waals surface area contributed by atoms with Crippen molar-refractivity contribution in [3.63, 3.8) is 0 Å². The molecule has 0 aromatic heterocycles. The first kappa shape index (κ1) is 101. The number of hydrogen-bond acceptors (Lipinski definition) is 4. The molecule has 4 saturated carbocycles. The summed E-state index contributed by atoms with van der Waals surface area (Å²) in [7, 11) is -7.66. The van der Waals surface area contributed by atoms with Gasteiger partial charge in [-0.3, -0.25) is 0 Å². The van der Waals surface area contributed by atoms with Crippen molar-refractivity contribution in [1.82, 2.24) is 0 Å². The summed E-state index contributed by atoms with van der Waals surface area (Å²) >= 11 is 0. The molecule has 0 aromatic carbocycles. The zero-order valence-electron chi connectivity index (χ0n) is 70.5. The number of carbonyl (C=O) groups is 1. The molecule has 4 fully saturated rings. The van der Waals surface area contributed by atoms with Crippen LogP contribution in [0.15, 0.2) is 97.2 Å². The molecule has 0 radical (unpaired) electrons. The standard InChI is InChI=1S/2C37H66OSi3.C5H10O2.C3H8.4CH3.K.Zr/c2*1-37(2,3)38-23-17-11-12-18-24-41(10,35-25-29(27-39(4,5)6)31-19-13-15-21-33(31)35)36-26-30(28-40(7,8)9)32-20-14-16-22-34(32)36;1-5(2,3)4(6)7;1-3-2;;;;;;/h2*13-16,19-22,29-36H,11-12,17-18,23-28H2,1-10H3;1-3H3,(H,6,7);3H2,1-2H3;4*1H3;;/q;;;;4*-1;+1;+4/p-1.